The maximum Gasteiger partial charge on any atom is 0.270 e. The van der Waals surface area contributed by atoms with Crippen molar-refractivity contribution >= 4 is 51.0 Å². The van der Waals surface area contributed by atoms with E-state index in [1.807, 2.05) is 11.4 Å². The lowest BCUT2D eigenvalue weighted by molar-refractivity contribution is -0.384. The first kappa shape index (κ1) is 15.6. The van der Waals surface area contributed by atoms with E-state index in [0.717, 1.165) is 5.56 Å². The summed E-state index contributed by atoms with van der Waals surface area (Å²) >= 11 is 8.73. The Labute approximate surface area is 143 Å². The molecule has 1 N–H and O–H groups in total. The van der Waals surface area contributed by atoms with Gasteiger partial charge in [0.1, 0.15) is 4.34 Å². The summed E-state index contributed by atoms with van der Waals surface area (Å²) in [7, 11) is 0. The van der Waals surface area contributed by atoms with E-state index in [4.69, 9.17) is 11.6 Å². The van der Waals surface area contributed by atoms with Crippen molar-refractivity contribution in [3.63, 3.8) is 0 Å². The maximum absolute atomic E-state index is 12.2. The molecule has 1 amide bonds. The molecule has 6 nitrogen and oxygen atoms in total. The van der Waals surface area contributed by atoms with Gasteiger partial charge >= 0.3 is 0 Å². The highest BCUT2D eigenvalue weighted by molar-refractivity contribution is 7.15. The number of non-ortho nitro benzene ring substituents is 1. The van der Waals surface area contributed by atoms with Gasteiger partial charge in [0, 0.05) is 28.6 Å². The van der Waals surface area contributed by atoms with Gasteiger partial charge in [-0.25, -0.2) is 4.98 Å². The van der Waals surface area contributed by atoms with Crippen molar-refractivity contribution in [1.29, 1.82) is 0 Å². The SMILES string of the molecule is O=C(Nc1nc(-c2ccsc2Cl)cs1)c1cccc([N+](=O)[O-])c1. The lowest BCUT2D eigenvalue weighted by atomic mass is 10.2. The molecule has 0 bridgehead atoms. The highest BCUT2D eigenvalue weighted by Gasteiger charge is 2.14. The third-order valence-electron chi connectivity index (χ3n) is 2.94. The number of amides is 1. The fraction of sp³-hybridized carbons (Fsp3) is 0. The van der Waals surface area contributed by atoms with Crippen molar-refractivity contribution in [3.8, 4) is 11.3 Å². The van der Waals surface area contributed by atoms with Crippen molar-refractivity contribution in [2.75, 3.05) is 5.32 Å². The number of nitro groups is 1. The normalized spacial score (nSPS) is 10.5. The summed E-state index contributed by atoms with van der Waals surface area (Å²) in [5.74, 6) is -0.453. The van der Waals surface area contributed by atoms with Crippen molar-refractivity contribution in [1.82, 2.24) is 4.98 Å². The molecule has 0 spiro atoms. The van der Waals surface area contributed by atoms with Crippen molar-refractivity contribution in [2.24, 2.45) is 0 Å². The van der Waals surface area contributed by atoms with Gasteiger partial charge in [-0.1, -0.05) is 17.7 Å². The minimum Gasteiger partial charge on any atom is -0.298 e. The molecule has 0 saturated carbocycles. The monoisotopic (exact) mass is 365 g/mol. The number of halogens is 1. The third kappa shape index (κ3) is 3.39. The number of benzene rings is 1. The van der Waals surface area contributed by atoms with Gasteiger partial charge in [-0.2, -0.15) is 0 Å². The molecule has 9 heteroatoms. The van der Waals surface area contributed by atoms with Gasteiger partial charge in [0.25, 0.3) is 11.6 Å². The van der Waals surface area contributed by atoms with Crippen LogP contribution in [0.5, 0.6) is 0 Å². The topological polar surface area (TPSA) is 85.1 Å². The van der Waals surface area contributed by atoms with E-state index in [2.05, 4.69) is 10.3 Å². The molecule has 3 rings (SSSR count). The summed E-state index contributed by atoms with van der Waals surface area (Å²) in [4.78, 5) is 26.7. The van der Waals surface area contributed by atoms with E-state index in [1.54, 1.807) is 5.38 Å². The second kappa shape index (κ2) is 6.45. The first-order valence-corrected chi connectivity index (χ1v) is 8.43. The van der Waals surface area contributed by atoms with Gasteiger partial charge in [0.05, 0.1) is 10.6 Å². The Hall–Kier alpha value is -2.29. The lowest BCUT2D eigenvalue weighted by Gasteiger charge is -2.01. The predicted octanol–water partition coefficient (Wildman–Crippen LogP) is 4.69. The molecule has 1 aromatic carbocycles. The molecule has 0 aliphatic carbocycles. The standard InChI is InChI=1S/C14H8ClN3O3S2/c15-12-10(4-5-22-12)11-7-23-14(16-11)17-13(19)8-2-1-3-9(6-8)18(20)21/h1-7H,(H,16,17,19). The van der Waals surface area contributed by atoms with Crippen molar-refractivity contribution in [3.05, 3.63) is 61.1 Å². The molecule has 0 fully saturated rings. The number of thiophene rings is 1. The number of nitrogens with zero attached hydrogens (tertiary/aromatic N) is 2. The number of anilines is 1. The number of carbonyl (C=O) groups is 1. The molecular weight excluding hydrogens is 358 g/mol. The minimum atomic E-state index is -0.545. The summed E-state index contributed by atoms with van der Waals surface area (Å²) in [5, 5.41) is 17.4. The average molecular weight is 366 g/mol. The molecule has 3 aromatic rings. The van der Waals surface area contributed by atoms with Crippen LogP contribution >= 0.6 is 34.3 Å². The number of nitrogens with one attached hydrogen (secondary N) is 1. The Morgan fingerprint density at radius 3 is 2.83 bits per heavy atom. The largest absolute Gasteiger partial charge is 0.298 e. The van der Waals surface area contributed by atoms with Crippen LogP contribution in [0.25, 0.3) is 11.3 Å². The smallest absolute Gasteiger partial charge is 0.270 e. The zero-order valence-electron chi connectivity index (χ0n) is 11.4. The number of rotatable bonds is 4. The van der Waals surface area contributed by atoms with Gasteiger partial charge in [0.15, 0.2) is 5.13 Å². The molecule has 23 heavy (non-hydrogen) atoms. The average Bonchev–Trinajstić information content (AvgIpc) is 3.16. The molecule has 0 aliphatic heterocycles. The minimum absolute atomic E-state index is 0.137. The lowest BCUT2D eigenvalue weighted by Crippen LogP contribution is -2.11. The summed E-state index contributed by atoms with van der Waals surface area (Å²) in [5.41, 5.74) is 1.55. The predicted molar refractivity (Wildman–Crippen MR) is 91.5 cm³/mol. The molecule has 0 aliphatic rings. The van der Waals surface area contributed by atoms with E-state index in [9.17, 15) is 14.9 Å². The second-order valence-electron chi connectivity index (χ2n) is 4.41. The fourth-order valence-electron chi connectivity index (χ4n) is 1.86. The maximum atomic E-state index is 12.2. The van der Waals surface area contributed by atoms with E-state index in [1.165, 1.54) is 46.9 Å². The molecular formula is C14H8ClN3O3S2. The first-order valence-electron chi connectivity index (χ1n) is 6.29. The van der Waals surface area contributed by atoms with Gasteiger partial charge in [-0.3, -0.25) is 20.2 Å². The molecule has 0 radical (unpaired) electrons. The summed E-state index contributed by atoms with van der Waals surface area (Å²) in [6.45, 7) is 0. The van der Waals surface area contributed by atoms with E-state index in [-0.39, 0.29) is 11.3 Å². The van der Waals surface area contributed by atoms with Crippen LogP contribution < -0.4 is 5.32 Å². The van der Waals surface area contributed by atoms with Crippen LogP contribution in [0.4, 0.5) is 10.8 Å². The number of aromatic nitrogens is 1. The fourth-order valence-corrected chi connectivity index (χ4v) is 3.50. The van der Waals surface area contributed by atoms with Crippen LogP contribution in [0.1, 0.15) is 10.4 Å². The molecule has 0 unspecified atom stereocenters. The number of thiazole rings is 1. The quantitative estimate of drug-likeness (QED) is 0.537. The van der Waals surface area contributed by atoms with Crippen molar-refractivity contribution in [2.45, 2.75) is 0 Å². The number of hydrogen-bond acceptors (Lipinski definition) is 6. The van der Waals surface area contributed by atoms with Crippen LogP contribution in [0.3, 0.4) is 0 Å². The molecule has 2 heterocycles. The second-order valence-corrected chi connectivity index (χ2v) is 6.78. The van der Waals surface area contributed by atoms with Gasteiger partial charge in [0.2, 0.25) is 0 Å². The molecule has 116 valence electrons. The van der Waals surface area contributed by atoms with Crippen LogP contribution in [0.15, 0.2) is 41.1 Å². The molecule has 0 atom stereocenters. The van der Waals surface area contributed by atoms with Crippen LogP contribution in [-0.4, -0.2) is 15.8 Å². The Balaban J connectivity index is 1.79. The van der Waals surface area contributed by atoms with Gasteiger partial charge < -0.3 is 0 Å². The third-order valence-corrected chi connectivity index (χ3v) is 4.87. The van der Waals surface area contributed by atoms with E-state index in [0.29, 0.717) is 15.2 Å². The Morgan fingerprint density at radius 1 is 1.30 bits per heavy atom. The number of nitro benzene ring substituents is 1. The number of hydrogen-bond donors (Lipinski definition) is 1. The van der Waals surface area contributed by atoms with Gasteiger partial charge in [-0.15, -0.1) is 22.7 Å². The van der Waals surface area contributed by atoms with Crippen LogP contribution in [0.2, 0.25) is 4.34 Å². The van der Waals surface area contributed by atoms with E-state index >= 15 is 0 Å². The zero-order chi connectivity index (χ0) is 16.4. The highest BCUT2D eigenvalue weighted by atomic mass is 35.5. The molecule has 0 saturated heterocycles. The summed E-state index contributed by atoms with van der Waals surface area (Å²) in [6, 6.07) is 7.38. The van der Waals surface area contributed by atoms with Gasteiger partial charge in [-0.05, 0) is 17.5 Å². The van der Waals surface area contributed by atoms with Crippen LogP contribution in [0, 0.1) is 10.1 Å². The Kier molecular flexibility index (Phi) is 4.37. The summed E-state index contributed by atoms with van der Waals surface area (Å²) in [6.07, 6.45) is 0. The Morgan fingerprint density at radius 2 is 2.13 bits per heavy atom. The highest BCUT2D eigenvalue weighted by Crippen LogP contribution is 2.34. The van der Waals surface area contributed by atoms with Crippen LogP contribution in [-0.2, 0) is 0 Å². The zero-order valence-corrected chi connectivity index (χ0v) is 13.7. The first-order chi connectivity index (χ1) is 11.0. The number of carbonyl (C=O) groups excluding carboxylic acids is 1. The Bertz CT molecular complexity index is 891. The molecule has 2 aromatic heterocycles. The van der Waals surface area contributed by atoms with E-state index < -0.39 is 10.8 Å². The summed E-state index contributed by atoms with van der Waals surface area (Å²) < 4.78 is 0.631. The van der Waals surface area contributed by atoms with Crippen molar-refractivity contribution < 1.29 is 9.72 Å².